The monoisotopic (exact) mass is 463 g/mol. The Labute approximate surface area is 203 Å². The number of fused-ring (bicyclic) bond motifs is 1. The van der Waals surface area contributed by atoms with Gasteiger partial charge in [0.2, 0.25) is 5.91 Å². The van der Waals surface area contributed by atoms with Crippen molar-refractivity contribution in [3.8, 4) is 0 Å². The third kappa shape index (κ3) is 8.31. The van der Waals surface area contributed by atoms with E-state index in [0.29, 0.717) is 0 Å². The maximum absolute atomic E-state index is 12.6. The molecule has 1 amide bonds. The van der Waals surface area contributed by atoms with Crippen LogP contribution in [0.1, 0.15) is 52.7 Å². The first kappa shape index (κ1) is 27.1. The highest BCUT2D eigenvalue weighted by Gasteiger charge is 2.33. The number of aliphatic hydroxyl groups is 1. The molecular weight excluding hydrogens is 426 g/mol. The second-order valence-electron chi connectivity index (χ2n) is 9.08. The second kappa shape index (κ2) is 12.9. The fourth-order valence-corrected chi connectivity index (χ4v) is 3.98. The van der Waals surface area contributed by atoms with E-state index in [1.165, 1.54) is 13.0 Å². The number of nitrogens with one attached hydrogen (secondary N) is 1. The number of amides is 1. The molecule has 0 bridgehead atoms. The zero-order chi connectivity index (χ0) is 25.3. The molecule has 1 aliphatic heterocycles. The zero-order valence-corrected chi connectivity index (χ0v) is 21.0. The lowest BCUT2D eigenvalue weighted by molar-refractivity contribution is -0.151. The quantitative estimate of drug-likeness (QED) is 0.599. The van der Waals surface area contributed by atoms with Gasteiger partial charge in [0.1, 0.15) is 6.10 Å². The summed E-state index contributed by atoms with van der Waals surface area (Å²) in [6.45, 7) is 10.9. The Morgan fingerprint density at radius 1 is 1.03 bits per heavy atom. The maximum atomic E-state index is 12.6. The number of rotatable bonds is 4. The van der Waals surface area contributed by atoms with E-state index in [9.17, 15) is 14.7 Å². The molecule has 0 radical (unpaired) electrons. The molecular formula is C29H37NO4. The molecule has 1 aliphatic rings. The Bertz CT molecular complexity index is 1010. The number of allylic oxidation sites excluding steroid dienone is 6. The van der Waals surface area contributed by atoms with Crippen LogP contribution in [0.2, 0.25) is 0 Å². The lowest BCUT2D eigenvalue weighted by Gasteiger charge is -2.33. The van der Waals surface area contributed by atoms with Crippen molar-refractivity contribution in [3.63, 3.8) is 0 Å². The Morgan fingerprint density at radius 2 is 1.71 bits per heavy atom. The van der Waals surface area contributed by atoms with Crippen LogP contribution in [-0.2, 0) is 14.3 Å². The highest BCUT2D eigenvalue weighted by molar-refractivity contribution is 5.82. The van der Waals surface area contributed by atoms with Gasteiger partial charge < -0.3 is 15.2 Å². The van der Waals surface area contributed by atoms with Crippen molar-refractivity contribution in [2.75, 3.05) is 0 Å². The van der Waals surface area contributed by atoms with Crippen LogP contribution in [0.25, 0.3) is 12.2 Å². The average molecular weight is 464 g/mol. The number of esters is 1. The number of hydrogen-bond acceptors (Lipinski definition) is 4. The fraction of sp³-hybridized carbons (Fsp3) is 0.379. The molecule has 182 valence electrons. The Hall–Kier alpha value is -3.18. The summed E-state index contributed by atoms with van der Waals surface area (Å²) in [5.41, 5.74) is 4.26. The summed E-state index contributed by atoms with van der Waals surface area (Å²) in [4.78, 5) is 24.0. The number of carbonyl (C=O) groups excluding carboxylic acids is 2. The molecule has 0 spiro atoms. The van der Waals surface area contributed by atoms with Crippen LogP contribution in [-0.4, -0.2) is 35.2 Å². The van der Waals surface area contributed by atoms with Crippen LogP contribution in [0, 0.1) is 11.8 Å². The number of aliphatic hydroxyl groups excluding tert-OH is 1. The normalized spacial score (nSPS) is 27.9. The molecule has 1 aromatic carbocycles. The van der Waals surface area contributed by atoms with E-state index in [0.717, 1.165) is 22.3 Å². The SMILES string of the molecule is CC(=O)N[C@H](C)[C@@H](O)[C@@H](C)[C@@H]1OC(=O)\C=C/C=C(C)\C=C/c2ccccc2/C=C(C)\C=C/[C@H]1C. The number of hydrogen-bond donors (Lipinski definition) is 2. The third-order valence-electron chi connectivity index (χ3n) is 5.93. The van der Waals surface area contributed by atoms with Crippen molar-refractivity contribution in [1.82, 2.24) is 5.32 Å². The first-order valence-electron chi connectivity index (χ1n) is 11.7. The summed E-state index contributed by atoms with van der Waals surface area (Å²) in [7, 11) is 0. The molecule has 5 nitrogen and oxygen atoms in total. The number of cyclic esters (lactones) is 1. The lowest BCUT2D eigenvalue weighted by atomic mass is 9.86. The van der Waals surface area contributed by atoms with Gasteiger partial charge in [-0.2, -0.15) is 0 Å². The first-order chi connectivity index (χ1) is 16.1. The Balaban J connectivity index is 2.44. The molecule has 2 rings (SSSR count). The van der Waals surface area contributed by atoms with Crippen molar-refractivity contribution in [2.45, 2.75) is 59.8 Å². The summed E-state index contributed by atoms with van der Waals surface area (Å²) in [6, 6.07) is 7.70. The van der Waals surface area contributed by atoms with Gasteiger partial charge in [-0.1, -0.05) is 91.8 Å². The number of benzene rings is 1. The van der Waals surface area contributed by atoms with Gasteiger partial charge in [0.25, 0.3) is 0 Å². The molecule has 0 aliphatic carbocycles. The van der Waals surface area contributed by atoms with E-state index in [1.54, 1.807) is 13.0 Å². The topological polar surface area (TPSA) is 75.6 Å². The van der Waals surface area contributed by atoms with Crippen LogP contribution in [0.4, 0.5) is 0 Å². The minimum absolute atomic E-state index is 0.171. The minimum Gasteiger partial charge on any atom is -0.458 e. The van der Waals surface area contributed by atoms with Crippen LogP contribution < -0.4 is 5.32 Å². The van der Waals surface area contributed by atoms with Gasteiger partial charge in [-0.15, -0.1) is 0 Å². The van der Waals surface area contributed by atoms with Crippen molar-refractivity contribution in [3.05, 3.63) is 83.0 Å². The van der Waals surface area contributed by atoms with E-state index < -0.39 is 30.1 Å². The van der Waals surface area contributed by atoms with E-state index in [-0.39, 0.29) is 11.8 Å². The highest BCUT2D eigenvalue weighted by Crippen LogP contribution is 2.25. The van der Waals surface area contributed by atoms with Gasteiger partial charge in [-0.3, -0.25) is 4.79 Å². The molecule has 34 heavy (non-hydrogen) atoms. The molecule has 5 heteroatoms. The largest absolute Gasteiger partial charge is 0.458 e. The summed E-state index contributed by atoms with van der Waals surface area (Å²) >= 11 is 0. The third-order valence-corrected chi connectivity index (χ3v) is 5.93. The van der Waals surface area contributed by atoms with E-state index in [1.807, 2.05) is 64.1 Å². The van der Waals surface area contributed by atoms with Crippen molar-refractivity contribution in [1.29, 1.82) is 0 Å². The smallest absolute Gasteiger partial charge is 0.331 e. The first-order valence-corrected chi connectivity index (χ1v) is 11.7. The fourth-order valence-electron chi connectivity index (χ4n) is 3.98. The molecule has 0 saturated carbocycles. The Morgan fingerprint density at radius 3 is 2.38 bits per heavy atom. The van der Waals surface area contributed by atoms with Gasteiger partial charge in [-0.25, -0.2) is 4.79 Å². The van der Waals surface area contributed by atoms with Gasteiger partial charge >= 0.3 is 5.97 Å². The molecule has 0 unspecified atom stereocenters. The predicted octanol–water partition coefficient (Wildman–Crippen LogP) is 5.24. The molecule has 5 atom stereocenters. The van der Waals surface area contributed by atoms with E-state index in [4.69, 9.17) is 4.74 Å². The molecule has 0 fully saturated rings. The predicted molar refractivity (Wildman–Crippen MR) is 139 cm³/mol. The van der Waals surface area contributed by atoms with Gasteiger partial charge in [-0.05, 0) is 31.9 Å². The molecule has 1 heterocycles. The van der Waals surface area contributed by atoms with Crippen molar-refractivity contribution in [2.24, 2.45) is 11.8 Å². The molecule has 2 N–H and O–H groups in total. The number of carbonyl (C=O) groups is 2. The van der Waals surface area contributed by atoms with Crippen LogP contribution >= 0.6 is 0 Å². The Kier molecular flexibility index (Phi) is 10.3. The minimum atomic E-state index is -0.886. The van der Waals surface area contributed by atoms with Crippen molar-refractivity contribution < 1.29 is 19.4 Å². The maximum Gasteiger partial charge on any atom is 0.331 e. The molecule has 1 aromatic rings. The summed E-state index contributed by atoms with van der Waals surface area (Å²) in [5.74, 6) is -1.28. The summed E-state index contributed by atoms with van der Waals surface area (Å²) in [5, 5.41) is 13.6. The molecule has 0 aromatic heterocycles. The second-order valence-corrected chi connectivity index (χ2v) is 9.08. The summed E-state index contributed by atoms with van der Waals surface area (Å²) < 4.78 is 5.81. The molecule has 0 saturated heterocycles. The van der Waals surface area contributed by atoms with Crippen LogP contribution in [0.15, 0.2) is 71.9 Å². The van der Waals surface area contributed by atoms with Crippen LogP contribution in [0.5, 0.6) is 0 Å². The van der Waals surface area contributed by atoms with E-state index in [2.05, 4.69) is 29.6 Å². The zero-order valence-electron chi connectivity index (χ0n) is 21.0. The summed E-state index contributed by atoms with van der Waals surface area (Å²) in [6.07, 6.45) is 13.6. The van der Waals surface area contributed by atoms with E-state index >= 15 is 0 Å². The average Bonchev–Trinajstić information content (AvgIpc) is 2.78. The van der Waals surface area contributed by atoms with Crippen LogP contribution in [0.3, 0.4) is 0 Å². The number of ether oxygens (including phenoxy) is 1. The van der Waals surface area contributed by atoms with Gasteiger partial charge in [0.05, 0.1) is 12.1 Å². The van der Waals surface area contributed by atoms with Gasteiger partial charge in [0.15, 0.2) is 0 Å². The van der Waals surface area contributed by atoms with Gasteiger partial charge in [0, 0.05) is 24.8 Å². The van der Waals surface area contributed by atoms with Crippen molar-refractivity contribution >= 4 is 24.0 Å². The standard InChI is InChI=1S/C29H37NO4/c1-19-10-9-13-27(32)34-29(22(4)28(33)23(5)30-24(6)31)21(3)16-14-20(2)18-26-12-8-7-11-25(26)17-15-19/h7-18,21-23,28-29,33H,1-6H3,(H,30,31)/b13-9-,16-14-,17-15-,19-10-,20-18-/t21-,22-,23-,28+,29-/m1/s1. The highest BCUT2D eigenvalue weighted by atomic mass is 16.5. The lowest BCUT2D eigenvalue weighted by Crippen LogP contribution is -2.48.